The molecule has 0 aromatic carbocycles. The number of nitrogens with one attached hydrogen (secondary N) is 1. The van der Waals surface area contributed by atoms with Gasteiger partial charge in [-0.3, -0.25) is 0 Å². The van der Waals surface area contributed by atoms with Crippen molar-refractivity contribution in [1.82, 2.24) is 4.98 Å². The predicted molar refractivity (Wildman–Crippen MR) is 67.3 cm³/mol. The lowest BCUT2D eigenvalue weighted by atomic mass is 10.0. The van der Waals surface area contributed by atoms with E-state index in [0.29, 0.717) is 4.47 Å². The minimum Gasteiger partial charge on any atom is -0.367 e. The molecule has 2 nitrogen and oxygen atoms in total. The smallest absolute Gasteiger partial charge is 0.367 e. The Balaban J connectivity index is 2.24. The zero-order valence-electron chi connectivity index (χ0n) is 9.47. The van der Waals surface area contributed by atoms with E-state index in [1.165, 1.54) is 6.20 Å². The molecule has 0 aliphatic heterocycles. The van der Waals surface area contributed by atoms with E-state index in [9.17, 15) is 13.2 Å². The molecule has 1 atom stereocenters. The molecule has 0 bridgehead atoms. The lowest BCUT2D eigenvalue weighted by molar-refractivity contribution is -0.137. The predicted octanol–water partition coefficient (Wildman–Crippen LogP) is 4.38. The first kappa shape index (κ1) is 13.4. The van der Waals surface area contributed by atoms with E-state index < -0.39 is 11.7 Å². The van der Waals surface area contributed by atoms with E-state index >= 15 is 0 Å². The number of anilines is 1. The van der Waals surface area contributed by atoms with Gasteiger partial charge in [-0.05, 0) is 41.3 Å². The van der Waals surface area contributed by atoms with Crippen LogP contribution >= 0.6 is 15.9 Å². The van der Waals surface area contributed by atoms with E-state index in [-0.39, 0.29) is 11.9 Å². The summed E-state index contributed by atoms with van der Waals surface area (Å²) in [6.07, 6.45) is 3.43. The normalized spacial score (nSPS) is 19.9. The summed E-state index contributed by atoms with van der Waals surface area (Å²) in [6.45, 7) is 0. The molecule has 6 heteroatoms. The van der Waals surface area contributed by atoms with Gasteiger partial charge in [-0.1, -0.05) is 12.2 Å². The zero-order valence-corrected chi connectivity index (χ0v) is 11.1. The van der Waals surface area contributed by atoms with Gasteiger partial charge in [-0.25, -0.2) is 4.98 Å². The van der Waals surface area contributed by atoms with Crippen molar-refractivity contribution in [3.05, 3.63) is 34.5 Å². The number of hydrogen-bond donors (Lipinski definition) is 1. The number of allylic oxidation sites excluding steroid dienone is 1. The van der Waals surface area contributed by atoms with E-state index in [0.717, 1.165) is 25.3 Å². The number of alkyl halides is 3. The first-order valence-corrected chi connectivity index (χ1v) is 6.40. The Bertz CT molecular complexity index is 457. The average Bonchev–Trinajstić information content (AvgIpc) is 2.31. The van der Waals surface area contributed by atoms with Gasteiger partial charge in [0.25, 0.3) is 0 Å². The van der Waals surface area contributed by atoms with Gasteiger partial charge in [0, 0.05) is 16.7 Å². The lowest BCUT2D eigenvalue weighted by Crippen LogP contribution is -2.23. The van der Waals surface area contributed by atoms with Gasteiger partial charge in [-0.2, -0.15) is 13.2 Å². The van der Waals surface area contributed by atoms with Crippen LogP contribution in [0, 0.1) is 0 Å². The van der Waals surface area contributed by atoms with Crippen LogP contribution in [-0.4, -0.2) is 11.0 Å². The van der Waals surface area contributed by atoms with E-state index in [2.05, 4.69) is 26.2 Å². The summed E-state index contributed by atoms with van der Waals surface area (Å²) in [5.74, 6) is -0.0917. The first-order valence-electron chi connectivity index (χ1n) is 5.61. The summed E-state index contributed by atoms with van der Waals surface area (Å²) in [7, 11) is 0. The van der Waals surface area contributed by atoms with Crippen LogP contribution in [0.1, 0.15) is 24.8 Å². The molecule has 1 aliphatic rings. The summed E-state index contributed by atoms with van der Waals surface area (Å²) in [5.41, 5.74) is -0.730. The van der Waals surface area contributed by atoms with Crippen LogP contribution in [0.5, 0.6) is 0 Å². The summed E-state index contributed by atoms with van der Waals surface area (Å²) in [5, 5.41) is 2.88. The van der Waals surface area contributed by atoms with Crippen molar-refractivity contribution in [1.29, 1.82) is 0 Å². The highest BCUT2D eigenvalue weighted by Crippen LogP contribution is 2.36. The van der Waals surface area contributed by atoms with Crippen molar-refractivity contribution < 1.29 is 13.2 Å². The van der Waals surface area contributed by atoms with Crippen LogP contribution in [0.15, 0.2) is 28.9 Å². The maximum absolute atomic E-state index is 12.9. The minimum atomic E-state index is -4.40. The third kappa shape index (κ3) is 3.25. The molecule has 0 amide bonds. The van der Waals surface area contributed by atoms with Crippen LogP contribution < -0.4 is 5.32 Å². The summed E-state index contributed by atoms with van der Waals surface area (Å²) in [4.78, 5) is 3.84. The van der Waals surface area contributed by atoms with Gasteiger partial charge in [0.15, 0.2) is 0 Å². The van der Waals surface area contributed by atoms with Crippen molar-refractivity contribution in [2.24, 2.45) is 0 Å². The van der Waals surface area contributed by atoms with Crippen LogP contribution in [0.3, 0.4) is 0 Å². The van der Waals surface area contributed by atoms with Crippen molar-refractivity contribution in [3.63, 3.8) is 0 Å². The van der Waals surface area contributed by atoms with Gasteiger partial charge in [0.2, 0.25) is 0 Å². The van der Waals surface area contributed by atoms with Crippen molar-refractivity contribution in [2.45, 2.75) is 31.5 Å². The summed E-state index contributed by atoms with van der Waals surface area (Å²) >= 11 is 3.01. The Morgan fingerprint density at radius 2 is 2.11 bits per heavy atom. The second kappa shape index (κ2) is 5.30. The van der Waals surface area contributed by atoms with E-state index in [1.807, 2.05) is 12.2 Å². The van der Waals surface area contributed by atoms with Gasteiger partial charge < -0.3 is 5.32 Å². The van der Waals surface area contributed by atoms with Gasteiger partial charge >= 0.3 is 6.18 Å². The highest BCUT2D eigenvalue weighted by Gasteiger charge is 2.35. The Labute approximate surface area is 111 Å². The van der Waals surface area contributed by atoms with Gasteiger partial charge in [0.1, 0.15) is 5.82 Å². The van der Waals surface area contributed by atoms with Gasteiger partial charge in [-0.15, -0.1) is 0 Å². The number of rotatable bonds is 2. The largest absolute Gasteiger partial charge is 0.419 e. The fourth-order valence-corrected chi connectivity index (χ4v) is 2.22. The Kier molecular flexibility index (Phi) is 3.94. The topological polar surface area (TPSA) is 24.9 Å². The number of nitrogens with zero attached hydrogens (tertiary/aromatic N) is 1. The molecule has 0 saturated heterocycles. The molecule has 1 aromatic rings. The molecule has 1 unspecified atom stereocenters. The maximum Gasteiger partial charge on any atom is 0.419 e. The second-order valence-electron chi connectivity index (χ2n) is 4.17. The third-order valence-corrected chi connectivity index (χ3v) is 3.20. The highest BCUT2D eigenvalue weighted by atomic mass is 79.9. The SMILES string of the molecule is FC(F)(F)c1cc(Br)cnc1NC1CC=CCC1. The molecule has 0 spiro atoms. The van der Waals surface area contributed by atoms with Crippen molar-refractivity contribution in [3.8, 4) is 0 Å². The summed E-state index contributed by atoms with van der Waals surface area (Å²) in [6, 6.07) is 1.07. The molecule has 98 valence electrons. The highest BCUT2D eigenvalue weighted by molar-refractivity contribution is 9.10. The number of aromatic nitrogens is 1. The number of halogens is 4. The molecular weight excluding hydrogens is 309 g/mol. The zero-order chi connectivity index (χ0) is 13.2. The van der Waals surface area contributed by atoms with E-state index in [1.54, 1.807) is 0 Å². The van der Waals surface area contributed by atoms with Gasteiger partial charge in [0.05, 0.1) is 5.56 Å². The molecule has 0 radical (unpaired) electrons. The summed E-state index contributed by atoms with van der Waals surface area (Å²) < 4.78 is 38.9. The fraction of sp³-hybridized carbons (Fsp3) is 0.417. The fourth-order valence-electron chi connectivity index (χ4n) is 1.89. The molecule has 2 rings (SSSR count). The maximum atomic E-state index is 12.9. The molecule has 1 aromatic heterocycles. The second-order valence-corrected chi connectivity index (χ2v) is 5.09. The molecule has 0 saturated carbocycles. The van der Waals surface area contributed by atoms with Crippen LogP contribution in [0.2, 0.25) is 0 Å². The Morgan fingerprint density at radius 1 is 1.33 bits per heavy atom. The molecule has 0 fully saturated rings. The quantitative estimate of drug-likeness (QED) is 0.818. The van der Waals surface area contributed by atoms with Crippen molar-refractivity contribution in [2.75, 3.05) is 5.32 Å². The monoisotopic (exact) mass is 320 g/mol. The number of hydrogen-bond acceptors (Lipinski definition) is 2. The molecular formula is C12H12BrF3N2. The first-order chi connectivity index (χ1) is 8.47. The van der Waals surface area contributed by atoms with Crippen LogP contribution in [-0.2, 0) is 6.18 Å². The molecule has 18 heavy (non-hydrogen) atoms. The van der Waals surface area contributed by atoms with Crippen molar-refractivity contribution >= 4 is 21.7 Å². The Hall–Kier alpha value is -1.04. The average molecular weight is 321 g/mol. The molecule has 1 aliphatic carbocycles. The lowest BCUT2D eigenvalue weighted by Gasteiger charge is -2.22. The molecule has 1 N–H and O–H groups in total. The third-order valence-electron chi connectivity index (χ3n) is 2.77. The Morgan fingerprint density at radius 3 is 2.72 bits per heavy atom. The standard InChI is InChI=1S/C12H12BrF3N2/c13-8-6-10(12(14,15)16)11(17-7-8)18-9-4-2-1-3-5-9/h1-2,6-7,9H,3-5H2,(H,17,18). The number of pyridine rings is 1. The minimum absolute atomic E-state index is 0.0183. The van der Waals surface area contributed by atoms with Crippen LogP contribution in [0.4, 0.5) is 19.0 Å². The molecule has 1 heterocycles. The van der Waals surface area contributed by atoms with Crippen LogP contribution in [0.25, 0.3) is 0 Å². The van der Waals surface area contributed by atoms with E-state index in [4.69, 9.17) is 0 Å².